The maximum atomic E-state index is 13.6. The summed E-state index contributed by atoms with van der Waals surface area (Å²) in [5.74, 6) is 1.68. The summed E-state index contributed by atoms with van der Waals surface area (Å²) in [4.78, 5) is 13.6. The molecule has 0 aliphatic heterocycles. The Morgan fingerprint density at radius 3 is 2.39 bits per heavy atom. The van der Waals surface area contributed by atoms with E-state index in [0.717, 1.165) is 64.4 Å². The second-order valence-electron chi connectivity index (χ2n) is 12.6. The number of rotatable bonds is 5. The van der Waals surface area contributed by atoms with Gasteiger partial charge in [0.15, 0.2) is 5.78 Å². The average Bonchev–Trinajstić information content (AvgIpc) is 3.15. The van der Waals surface area contributed by atoms with Crippen molar-refractivity contribution >= 4 is 5.78 Å². The van der Waals surface area contributed by atoms with E-state index in [2.05, 4.69) is 11.7 Å². The van der Waals surface area contributed by atoms with Crippen LogP contribution in [0, 0.1) is 40.4 Å². The average molecular weight is 509 g/mol. The van der Waals surface area contributed by atoms with Crippen molar-refractivity contribution in [2.75, 3.05) is 13.7 Å². The van der Waals surface area contributed by atoms with Crippen LogP contribution in [-0.2, 0) is 4.74 Å². The molecule has 0 aromatic heterocycles. The summed E-state index contributed by atoms with van der Waals surface area (Å²) in [6, 6.07) is 5.41. The molecule has 4 aliphatic carbocycles. The second kappa shape index (κ2) is 9.00. The number of ketones is 1. The SMILES string of the molecule is COCC12CC[C@@](C)(O)C[C@@H]1CC[C@@H]1[C@@H]2CC[C@]2(C)[C@@H](C(=O)c3ccc(OC(F)(F)F)cc3)CC[C@@H]12. The van der Waals surface area contributed by atoms with Crippen molar-refractivity contribution in [1.82, 2.24) is 0 Å². The lowest BCUT2D eigenvalue weighted by atomic mass is 9.43. The minimum atomic E-state index is -4.75. The number of fused-ring (bicyclic) bond motifs is 5. The molecule has 4 aliphatic rings. The van der Waals surface area contributed by atoms with Crippen LogP contribution in [0.5, 0.6) is 5.75 Å². The number of halogens is 3. The molecule has 36 heavy (non-hydrogen) atoms. The van der Waals surface area contributed by atoms with Crippen molar-refractivity contribution in [3.63, 3.8) is 0 Å². The zero-order valence-corrected chi connectivity index (χ0v) is 21.6. The first-order valence-corrected chi connectivity index (χ1v) is 13.5. The maximum absolute atomic E-state index is 13.6. The lowest BCUT2D eigenvalue weighted by Crippen LogP contribution is -2.58. The monoisotopic (exact) mass is 508 g/mol. The van der Waals surface area contributed by atoms with Crippen molar-refractivity contribution in [1.29, 1.82) is 0 Å². The molecular formula is C29H39F3O4. The van der Waals surface area contributed by atoms with E-state index in [-0.39, 0.29) is 28.3 Å². The fourth-order valence-electron chi connectivity index (χ4n) is 9.24. The van der Waals surface area contributed by atoms with E-state index in [0.29, 0.717) is 29.2 Å². The molecule has 1 aromatic rings. The Hall–Kier alpha value is -1.60. The Labute approximate surface area is 211 Å². The van der Waals surface area contributed by atoms with Gasteiger partial charge in [0.1, 0.15) is 5.75 Å². The molecule has 200 valence electrons. The summed E-state index contributed by atoms with van der Waals surface area (Å²) in [5, 5.41) is 10.8. The highest BCUT2D eigenvalue weighted by Crippen LogP contribution is 2.68. The highest BCUT2D eigenvalue weighted by Gasteiger charge is 2.63. The number of alkyl halides is 3. The van der Waals surface area contributed by atoms with Crippen molar-refractivity contribution in [2.45, 2.75) is 83.6 Å². The predicted octanol–water partition coefficient (Wildman–Crippen LogP) is 6.80. The molecule has 0 radical (unpaired) electrons. The first-order chi connectivity index (χ1) is 16.9. The van der Waals surface area contributed by atoms with Gasteiger partial charge in [0.2, 0.25) is 0 Å². The molecule has 1 N–H and O–H groups in total. The summed E-state index contributed by atoms with van der Waals surface area (Å²) < 4.78 is 47.4. The van der Waals surface area contributed by atoms with E-state index in [9.17, 15) is 23.1 Å². The van der Waals surface area contributed by atoms with Crippen molar-refractivity contribution < 1.29 is 32.5 Å². The van der Waals surface area contributed by atoms with Gasteiger partial charge in [-0.05, 0) is 123 Å². The van der Waals surface area contributed by atoms with Gasteiger partial charge in [-0.15, -0.1) is 13.2 Å². The Kier molecular flexibility index (Phi) is 6.51. The van der Waals surface area contributed by atoms with Crippen LogP contribution in [0.4, 0.5) is 13.2 Å². The molecule has 0 spiro atoms. The van der Waals surface area contributed by atoms with Gasteiger partial charge in [0.05, 0.1) is 12.2 Å². The zero-order valence-electron chi connectivity index (χ0n) is 21.6. The smallest absolute Gasteiger partial charge is 0.406 e. The number of benzene rings is 1. The van der Waals surface area contributed by atoms with Crippen LogP contribution >= 0.6 is 0 Å². The van der Waals surface area contributed by atoms with Crippen LogP contribution in [0.15, 0.2) is 24.3 Å². The lowest BCUT2D eigenvalue weighted by molar-refractivity contribution is -0.274. The molecule has 1 aromatic carbocycles. The van der Waals surface area contributed by atoms with Crippen molar-refractivity contribution in [3.8, 4) is 5.75 Å². The van der Waals surface area contributed by atoms with E-state index in [1.54, 1.807) is 7.11 Å². The Morgan fingerprint density at radius 1 is 1.00 bits per heavy atom. The molecule has 5 rings (SSSR count). The third-order valence-electron chi connectivity index (χ3n) is 10.8. The third-order valence-corrected chi connectivity index (χ3v) is 10.8. The summed E-state index contributed by atoms with van der Waals surface area (Å²) >= 11 is 0. The van der Waals surface area contributed by atoms with E-state index >= 15 is 0 Å². The van der Waals surface area contributed by atoms with Gasteiger partial charge in [-0.3, -0.25) is 4.79 Å². The Balaban J connectivity index is 1.36. The number of hydrogen-bond acceptors (Lipinski definition) is 4. The third kappa shape index (κ3) is 4.38. The van der Waals surface area contributed by atoms with E-state index in [1.807, 2.05) is 6.92 Å². The molecule has 4 saturated carbocycles. The van der Waals surface area contributed by atoms with Crippen LogP contribution in [0.25, 0.3) is 0 Å². The molecule has 1 unspecified atom stereocenters. The minimum absolute atomic E-state index is 0.0472. The van der Waals surface area contributed by atoms with E-state index in [4.69, 9.17) is 4.74 Å². The number of aliphatic hydroxyl groups is 1. The summed E-state index contributed by atoms with van der Waals surface area (Å²) in [5.41, 5.74) is -0.116. The van der Waals surface area contributed by atoms with Crippen LogP contribution in [0.2, 0.25) is 0 Å². The Morgan fingerprint density at radius 2 is 1.72 bits per heavy atom. The van der Waals surface area contributed by atoms with Gasteiger partial charge < -0.3 is 14.6 Å². The number of Topliss-reactive ketones (excluding diaryl/α,β-unsaturated/α-hetero) is 1. The standard InChI is InChI=1S/C29H39F3O4/c1-26(34)14-15-28(17-35-3)19(16-26)6-9-21-22-10-11-24(27(22,2)13-12-23(21)28)25(33)18-4-7-20(8-5-18)36-29(30,31)32/h4-5,7-8,19,21-24,34H,6,9-17H2,1-3H3/t19-,21-,22-,23-,24+,26+,27-,28?/m0/s1. The fourth-order valence-corrected chi connectivity index (χ4v) is 9.24. The van der Waals surface area contributed by atoms with Crippen LogP contribution < -0.4 is 4.74 Å². The molecule has 0 heterocycles. The molecule has 0 bridgehead atoms. The normalized spacial score (nSPS) is 42.2. The van der Waals surface area contributed by atoms with Crippen molar-refractivity contribution in [2.24, 2.45) is 40.4 Å². The molecule has 0 saturated heterocycles. The molecule has 0 amide bonds. The summed E-state index contributed by atoms with van der Waals surface area (Å²) in [6.45, 7) is 5.00. The zero-order chi connectivity index (χ0) is 25.9. The van der Waals surface area contributed by atoms with Crippen LogP contribution in [0.1, 0.15) is 82.0 Å². The molecular weight excluding hydrogens is 469 g/mol. The molecule has 4 fully saturated rings. The number of carbonyl (C=O) groups is 1. The lowest BCUT2D eigenvalue weighted by Gasteiger charge is -2.62. The molecule has 8 atom stereocenters. The highest BCUT2D eigenvalue weighted by molar-refractivity contribution is 5.98. The van der Waals surface area contributed by atoms with Crippen molar-refractivity contribution in [3.05, 3.63) is 29.8 Å². The van der Waals surface area contributed by atoms with Gasteiger partial charge in [0.25, 0.3) is 0 Å². The first-order valence-electron chi connectivity index (χ1n) is 13.5. The topological polar surface area (TPSA) is 55.8 Å². The number of methoxy groups -OCH3 is 1. The second-order valence-corrected chi connectivity index (χ2v) is 12.6. The predicted molar refractivity (Wildman–Crippen MR) is 129 cm³/mol. The summed E-state index contributed by atoms with van der Waals surface area (Å²) in [7, 11) is 1.80. The van der Waals surface area contributed by atoms with Gasteiger partial charge in [-0.1, -0.05) is 6.92 Å². The number of ether oxygens (including phenoxy) is 2. The Bertz CT molecular complexity index is 974. The van der Waals surface area contributed by atoms with Gasteiger partial charge >= 0.3 is 6.36 Å². The fraction of sp³-hybridized carbons (Fsp3) is 0.759. The van der Waals surface area contributed by atoms with Gasteiger partial charge in [-0.2, -0.15) is 0 Å². The van der Waals surface area contributed by atoms with Crippen LogP contribution in [0.3, 0.4) is 0 Å². The highest BCUT2D eigenvalue weighted by atomic mass is 19.4. The quantitative estimate of drug-likeness (QED) is 0.444. The largest absolute Gasteiger partial charge is 0.573 e. The van der Waals surface area contributed by atoms with Gasteiger partial charge in [-0.25, -0.2) is 0 Å². The number of carbonyl (C=O) groups excluding carboxylic acids is 1. The summed E-state index contributed by atoms with van der Waals surface area (Å²) in [6.07, 6.45) is 4.06. The van der Waals surface area contributed by atoms with E-state index in [1.165, 1.54) is 24.3 Å². The van der Waals surface area contributed by atoms with E-state index < -0.39 is 12.0 Å². The molecule has 7 heteroatoms. The van der Waals surface area contributed by atoms with Gasteiger partial charge in [0, 0.05) is 18.6 Å². The molecule has 4 nitrogen and oxygen atoms in total. The first kappa shape index (κ1) is 26.0. The maximum Gasteiger partial charge on any atom is 0.573 e. The van der Waals surface area contributed by atoms with Crippen LogP contribution in [-0.4, -0.2) is 36.6 Å². The number of hydrogen-bond donors (Lipinski definition) is 1. The minimum Gasteiger partial charge on any atom is -0.406 e.